The molecule has 0 saturated heterocycles. The van der Waals surface area contributed by atoms with Gasteiger partial charge in [-0.3, -0.25) is 10.1 Å². The quantitative estimate of drug-likeness (QED) is 0.804. The molecule has 0 radical (unpaired) electrons. The summed E-state index contributed by atoms with van der Waals surface area (Å²) in [4.78, 5) is 22.7. The zero-order chi connectivity index (χ0) is 13.7. The Morgan fingerprint density at radius 1 is 1.00 bits per heavy atom. The second-order valence-electron chi connectivity index (χ2n) is 3.82. The molecular weight excluding hydrogens is 262 g/mol. The zero-order valence-corrected chi connectivity index (χ0v) is 11.1. The fraction of sp³-hybridized carbons (Fsp3) is 0.0769. The minimum atomic E-state index is -0.317. The number of carbonyl (C=O) groups is 2. The van der Waals surface area contributed by atoms with E-state index in [1.54, 1.807) is 24.3 Å². The van der Waals surface area contributed by atoms with Crippen LogP contribution in [0, 0.1) is 0 Å². The standard InChI is InChI=1S/C13H13N3O2S/c1-9(17)14-10-4-2-5-11(8-10)15-13(18)16-12-6-3-7-19-12/h2-8H,1H3,(H,14,17)(H2,15,16,18). The van der Waals surface area contributed by atoms with Crippen LogP contribution in [-0.4, -0.2) is 11.9 Å². The Morgan fingerprint density at radius 2 is 1.74 bits per heavy atom. The molecule has 0 spiro atoms. The van der Waals surface area contributed by atoms with Crippen molar-refractivity contribution < 1.29 is 9.59 Å². The summed E-state index contributed by atoms with van der Waals surface area (Å²) in [6, 6.07) is 10.3. The van der Waals surface area contributed by atoms with E-state index < -0.39 is 0 Å². The van der Waals surface area contributed by atoms with Crippen LogP contribution in [0.5, 0.6) is 0 Å². The molecule has 0 aliphatic carbocycles. The summed E-state index contributed by atoms with van der Waals surface area (Å²) < 4.78 is 0. The Hall–Kier alpha value is -2.34. The van der Waals surface area contributed by atoms with Crippen molar-refractivity contribution in [2.45, 2.75) is 6.92 Å². The molecule has 6 heteroatoms. The third kappa shape index (κ3) is 4.11. The van der Waals surface area contributed by atoms with Gasteiger partial charge in [-0.25, -0.2) is 4.79 Å². The fourth-order valence-corrected chi connectivity index (χ4v) is 2.11. The number of hydrogen-bond acceptors (Lipinski definition) is 3. The highest BCUT2D eigenvalue weighted by molar-refractivity contribution is 7.14. The third-order valence-electron chi connectivity index (χ3n) is 2.20. The largest absolute Gasteiger partial charge is 0.326 e. The van der Waals surface area contributed by atoms with Gasteiger partial charge in [0.2, 0.25) is 5.91 Å². The summed E-state index contributed by atoms with van der Waals surface area (Å²) in [5.41, 5.74) is 1.25. The number of hydrogen-bond donors (Lipinski definition) is 3. The van der Waals surface area contributed by atoms with Crippen molar-refractivity contribution in [2.75, 3.05) is 16.0 Å². The molecule has 2 rings (SSSR count). The zero-order valence-electron chi connectivity index (χ0n) is 10.3. The van der Waals surface area contributed by atoms with Crippen LogP contribution in [0.3, 0.4) is 0 Å². The van der Waals surface area contributed by atoms with E-state index in [2.05, 4.69) is 16.0 Å². The van der Waals surface area contributed by atoms with Crippen molar-refractivity contribution in [1.82, 2.24) is 0 Å². The maximum atomic E-state index is 11.7. The van der Waals surface area contributed by atoms with E-state index >= 15 is 0 Å². The van der Waals surface area contributed by atoms with Crippen molar-refractivity contribution in [2.24, 2.45) is 0 Å². The minimum absolute atomic E-state index is 0.153. The highest BCUT2D eigenvalue weighted by atomic mass is 32.1. The first kappa shape index (κ1) is 13.1. The first-order valence-electron chi connectivity index (χ1n) is 5.62. The molecule has 0 saturated carbocycles. The van der Waals surface area contributed by atoms with Gasteiger partial charge in [-0.05, 0) is 35.7 Å². The highest BCUT2D eigenvalue weighted by Crippen LogP contribution is 2.17. The minimum Gasteiger partial charge on any atom is -0.326 e. The van der Waals surface area contributed by atoms with E-state index in [1.165, 1.54) is 18.3 Å². The monoisotopic (exact) mass is 275 g/mol. The maximum absolute atomic E-state index is 11.7. The lowest BCUT2D eigenvalue weighted by atomic mass is 10.3. The average Bonchev–Trinajstić information content (AvgIpc) is 2.81. The van der Waals surface area contributed by atoms with Gasteiger partial charge >= 0.3 is 6.03 Å². The smallest absolute Gasteiger partial charge is 0.324 e. The van der Waals surface area contributed by atoms with Crippen molar-refractivity contribution >= 4 is 39.7 Å². The molecular formula is C13H13N3O2S. The van der Waals surface area contributed by atoms with Crippen molar-refractivity contribution in [3.8, 4) is 0 Å². The van der Waals surface area contributed by atoms with Gasteiger partial charge in [0.1, 0.15) is 0 Å². The van der Waals surface area contributed by atoms with Crippen LogP contribution in [-0.2, 0) is 4.79 Å². The Bertz CT molecular complexity index is 581. The summed E-state index contributed by atoms with van der Waals surface area (Å²) >= 11 is 1.44. The molecule has 0 atom stereocenters. The van der Waals surface area contributed by atoms with Gasteiger partial charge < -0.3 is 10.6 Å². The number of anilines is 3. The SMILES string of the molecule is CC(=O)Nc1cccc(NC(=O)Nc2cccs2)c1. The summed E-state index contributed by atoms with van der Waals surface area (Å²) in [6.45, 7) is 1.43. The van der Waals surface area contributed by atoms with Crippen molar-refractivity contribution in [1.29, 1.82) is 0 Å². The van der Waals surface area contributed by atoms with E-state index in [4.69, 9.17) is 0 Å². The number of rotatable bonds is 3. The molecule has 0 aliphatic heterocycles. The third-order valence-corrected chi connectivity index (χ3v) is 2.98. The first-order valence-corrected chi connectivity index (χ1v) is 6.50. The van der Waals surface area contributed by atoms with E-state index in [0.717, 1.165) is 5.00 Å². The molecule has 19 heavy (non-hydrogen) atoms. The molecule has 98 valence electrons. The van der Waals surface area contributed by atoms with E-state index in [0.29, 0.717) is 11.4 Å². The van der Waals surface area contributed by atoms with Gasteiger partial charge in [0.25, 0.3) is 0 Å². The predicted molar refractivity (Wildman–Crippen MR) is 77.7 cm³/mol. The van der Waals surface area contributed by atoms with Crippen LogP contribution in [0.2, 0.25) is 0 Å². The first-order chi connectivity index (χ1) is 9.13. The van der Waals surface area contributed by atoms with Crippen LogP contribution in [0.1, 0.15) is 6.92 Å². The van der Waals surface area contributed by atoms with Crippen LogP contribution in [0.15, 0.2) is 41.8 Å². The number of amides is 3. The number of urea groups is 1. The van der Waals surface area contributed by atoms with E-state index in [1.807, 2.05) is 17.5 Å². The van der Waals surface area contributed by atoms with Gasteiger partial charge in [0.05, 0.1) is 5.00 Å². The molecule has 0 fully saturated rings. The molecule has 0 aliphatic rings. The van der Waals surface area contributed by atoms with E-state index in [9.17, 15) is 9.59 Å². The fourth-order valence-electron chi connectivity index (χ4n) is 1.50. The average molecular weight is 275 g/mol. The number of benzene rings is 1. The summed E-state index contributed by atoms with van der Waals surface area (Å²) in [5.74, 6) is -0.153. The Labute approximate surface area is 114 Å². The van der Waals surface area contributed by atoms with Gasteiger partial charge in [-0.1, -0.05) is 6.07 Å². The van der Waals surface area contributed by atoms with Crippen LogP contribution >= 0.6 is 11.3 Å². The summed E-state index contributed by atoms with van der Waals surface area (Å²) in [5, 5.41) is 10.7. The van der Waals surface area contributed by atoms with Crippen LogP contribution in [0.4, 0.5) is 21.2 Å². The molecule has 1 heterocycles. The van der Waals surface area contributed by atoms with Crippen LogP contribution in [0.25, 0.3) is 0 Å². The number of nitrogens with one attached hydrogen (secondary N) is 3. The maximum Gasteiger partial charge on any atom is 0.324 e. The molecule has 3 amide bonds. The lowest BCUT2D eigenvalue weighted by Gasteiger charge is -2.08. The predicted octanol–water partition coefficient (Wildman–Crippen LogP) is 3.35. The molecule has 5 nitrogen and oxygen atoms in total. The number of carbonyl (C=O) groups excluding carboxylic acids is 2. The highest BCUT2D eigenvalue weighted by Gasteiger charge is 2.04. The topological polar surface area (TPSA) is 70.2 Å². The normalized spacial score (nSPS) is 9.74. The lowest BCUT2D eigenvalue weighted by molar-refractivity contribution is -0.114. The van der Waals surface area contributed by atoms with Crippen molar-refractivity contribution in [3.63, 3.8) is 0 Å². The van der Waals surface area contributed by atoms with Crippen molar-refractivity contribution in [3.05, 3.63) is 41.8 Å². The molecule has 1 aromatic carbocycles. The van der Waals surface area contributed by atoms with Crippen LogP contribution < -0.4 is 16.0 Å². The van der Waals surface area contributed by atoms with Gasteiger partial charge in [0.15, 0.2) is 0 Å². The summed E-state index contributed by atoms with van der Waals surface area (Å²) in [7, 11) is 0. The summed E-state index contributed by atoms with van der Waals surface area (Å²) in [6.07, 6.45) is 0. The number of thiophene rings is 1. The van der Waals surface area contributed by atoms with Gasteiger partial charge in [-0.15, -0.1) is 11.3 Å². The second-order valence-corrected chi connectivity index (χ2v) is 4.77. The Morgan fingerprint density at radius 3 is 2.37 bits per heavy atom. The van der Waals surface area contributed by atoms with Gasteiger partial charge in [0, 0.05) is 18.3 Å². The lowest BCUT2D eigenvalue weighted by Crippen LogP contribution is -2.18. The molecule has 0 bridgehead atoms. The van der Waals surface area contributed by atoms with Gasteiger partial charge in [-0.2, -0.15) is 0 Å². The Balaban J connectivity index is 1.98. The Kier molecular flexibility index (Phi) is 4.15. The molecule has 2 aromatic rings. The molecule has 0 unspecified atom stereocenters. The molecule has 3 N–H and O–H groups in total. The molecule has 1 aromatic heterocycles. The van der Waals surface area contributed by atoms with E-state index in [-0.39, 0.29) is 11.9 Å². The second kappa shape index (κ2) is 6.01.